The average Bonchev–Trinajstić information content (AvgIpc) is 3.89. The lowest BCUT2D eigenvalue weighted by Gasteiger charge is -2.28. The monoisotopic (exact) mass is 730 g/mol. The van der Waals surface area contributed by atoms with Gasteiger partial charge in [-0.15, -0.1) is 0 Å². The fraction of sp³-hybridized carbons (Fsp3) is 0. The zero-order valence-corrected chi connectivity index (χ0v) is 30.8. The van der Waals surface area contributed by atoms with Gasteiger partial charge in [0.1, 0.15) is 16.7 Å². The topological polar surface area (TPSA) is 42.4 Å². The third-order valence-electron chi connectivity index (χ3n) is 10.9. The molecule has 268 valence electrons. The molecule has 0 aliphatic carbocycles. The first kappa shape index (κ1) is 32.7. The van der Waals surface area contributed by atoms with Gasteiger partial charge in [0.25, 0.3) is 0 Å². The number of para-hydroxylation sites is 1. The van der Waals surface area contributed by atoms with Crippen LogP contribution in [0.4, 0.5) is 17.1 Å². The Bertz CT molecular complexity index is 3210. The number of oxazole rings is 1. The highest BCUT2D eigenvalue weighted by Crippen LogP contribution is 2.44. The van der Waals surface area contributed by atoms with Crippen LogP contribution in [0, 0.1) is 0 Å². The van der Waals surface area contributed by atoms with Crippen molar-refractivity contribution in [2.45, 2.75) is 0 Å². The number of rotatable bonds is 7. The third-order valence-corrected chi connectivity index (χ3v) is 10.9. The fourth-order valence-electron chi connectivity index (χ4n) is 8.16. The summed E-state index contributed by atoms with van der Waals surface area (Å²) in [5, 5.41) is 4.41. The summed E-state index contributed by atoms with van der Waals surface area (Å²) in [6.45, 7) is 0. The number of fused-ring (bicyclic) bond motifs is 6. The number of hydrogen-bond acceptors (Lipinski definition) is 4. The first-order chi connectivity index (χ1) is 28.2. The van der Waals surface area contributed by atoms with E-state index >= 15 is 0 Å². The van der Waals surface area contributed by atoms with Gasteiger partial charge in [0.2, 0.25) is 5.89 Å². The molecule has 0 fully saturated rings. The zero-order valence-electron chi connectivity index (χ0n) is 30.8. The maximum absolute atomic E-state index is 6.34. The van der Waals surface area contributed by atoms with Crippen LogP contribution in [0.15, 0.2) is 215 Å². The molecule has 0 N–H and O–H groups in total. The average molecular weight is 731 g/mol. The summed E-state index contributed by atoms with van der Waals surface area (Å²) in [6.07, 6.45) is 0. The van der Waals surface area contributed by atoms with E-state index in [1.54, 1.807) is 0 Å². The van der Waals surface area contributed by atoms with Crippen LogP contribution in [0.2, 0.25) is 0 Å². The molecule has 0 saturated carbocycles. The van der Waals surface area contributed by atoms with Crippen LogP contribution in [0.3, 0.4) is 0 Å². The normalized spacial score (nSPS) is 11.5. The van der Waals surface area contributed by atoms with Crippen LogP contribution in [0.5, 0.6) is 0 Å². The first-order valence-corrected chi connectivity index (χ1v) is 19.2. The van der Waals surface area contributed by atoms with Gasteiger partial charge in [0, 0.05) is 27.9 Å². The summed E-state index contributed by atoms with van der Waals surface area (Å²) in [6, 6.07) is 72.5. The highest BCUT2D eigenvalue weighted by atomic mass is 16.4. The Labute approximate surface area is 329 Å². The lowest BCUT2D eigenvalue weighted by Crippen LogP contribution is -2.11. The van der Waals surface area contributed by atoms with E-state index in [0.717, 1.165) is 72.4 Å². The summed E-state index contributed by atoms with van der Waals surface area (Å²) >= 11 is 0. The smallest absolute Gasteiger partial charge is 0.227 e. The van der Waals surface area contributed by atoms with Crippen molar-refractivity contribution in [2.24, 2.45) is 0 Å². The van der Waals surface area contributed by atoms with Crippen LogP contribution in [-0.4, -0.2) is 4.98 Å². The second-order valence-electron chi connectivity index (χ2n) is 14.3. The van der Waals surface area contributed by atoms with Gasteiger partial charge in [-0.05, 0) is 105 Å². The van der Waals surface area contributed by atoms with Crippen LogP contribution in [0.25, 0.3) is 88.6 Å². The Hall–Kier alpha value is -7.69. The molecule has 0 bridgehead atoms. The van der Waals surface area contributed by atoms with Crippen molar-refractivity contribution in [3.8, 4) is 44.8 Å². The van der Waals surface area contributed by atoms with E-state index in [1.165, 1.54) is 27.5 Å². The molecule has 0 saturated heterocycles. The summed E-state index contributed by atoms with van der Waals surface area (Å²) in [7, 11) is 0. The molecule has 9 aromatic carbocycles. The molecule has 0 amide bonds. The van der Waals surface area contributed by atoms with Gasteiger partial charge in [-0.1, -0.05) is 140 Å². The lowest BCUT2D eigenvalue weighted by molar-refractivity contribution is 0.619. The van der Waals surface area contributed by atoms with Crippen molar-refractivity contribution in [1.29, 1.82) is 0 Å². The van der Waals surface area contributed by atoms with E-state index in [2.05, 4.69) is 169 Å². The van der Waals surface area contributed by atoms with E-state index < -0.39 is 0 Å². The standard InChI is InChI=1S/C53H34N2O2/c1-3-12-35(13-4-1)36-22-27-41(28-23-36)55(47-21-10-9-19-45(47)44-20-11-17-38-14-7-8-18-43(38)44)42-29-24-37(25-30-42)40-26-31-48-46(34-40)51-49(56-48)32-33-50-52(51)54-53(57-50)39-15-5-2-6-16-39/h1-34H. The minimum Gasteiger partial charge on any atom is -0.456 e. The quantitative estimate of drug-likeness (QED) is 0.164. The second-order valence-corrected chi connectivity index (χ2v) is 14.3. The Morgan fingerprint density at radius 1 is 0.368 bits per heavy atom. The van der Waals surface area contributed by atoms with Gasteiger partial charge in [-0.25, -0.2) is 4.98 Å². The summed E-state index contributed by atoms with van der Waals surface area (Å²) in [5.74, 6) is 0.598. The molecule has 2 aromatic heterocycles. The van der Waals surface area contributed by atoms with Crippen molar-refractivity contribution >= 4 is 60.9 Å². The first-order valence-electron chi connectivity index (χ1n) is 19.2. The summed E-state index contributed by atoms with van der Waals surface area (Å²) in [4.78, 5) is 7.33. The molecule has 0 atom stereocenters. The molecule has 0 aliphatic heterocycles. The molecule has 2 heterocycles. The Morgan fingerprint density at radius 2 is 0.930 bits per heavy atom. The lowest BCUT2D eigenvalue weighted by atomic mass is 9.96. The molecule has 0 aliphatic rings. The maximum atomic E-state index is 6.34. The van der Waals surface area contributed by atoms with Crippen molar-refractivity contribution in [1.82, 2.24) is 4.98 Å². The predicted octanol–water partition coefficient (Wildman–Crippen LogP) is 15.0. The van der Waals surface area contributed by atoms with Gasteiger partial charge >= 0.3 is 0 Å². The van der Waals surface area contributed by atoms with Crippen LogP contribution >= 0.6 is 0 Å². The summed E-state index contributed by atoms with van der Waals surface area (Å²) in [5.41, 5.74) is 14.3. The number of aromatic nitrogens is 1. The number of furan rings is 1. The van der Waals surface area contributed by atoms with E-state index in [0.29, 0.717) is 5.89 Å². The molecule has 4 heteroatoms. The Kier molecular flexibility index (Phi) is 7.78. The number of nitrogens with zero attached hydrogens (tertiary/aromatic N) is 2. The van der Waals surface area contributed by atoms with E-state index in [9.17, 15) is 0 Å². The molecule has 0 spiro atoms. The zero-order chi connectivity index (χ0) is 37.7. The van der Waals surface area contributed by atoms with Crippen LogP contribution in [-0.2, 0) is 0 Å². The second kappa shape index (κ2) is 13.6. The van der Waals surface area contributed by atoms with E-state index in [4.69, 9.17) is 13.8 Å². The summed E-state index contributed by atoms with van der Waals surface area (Å²) < 4.78 is 12.6. The molecule has 0 unspecified atom stereocenters. The molecule has 11 aromatic rings. The number of anilines is 3. The molecule has 4 nitrogen and oxygen atoms in total. The van der Waals surface area contributed by atoms with Gasteiger partial charge < -0.3 is 13.7 Å². The molecule has 57 heavy (non-hydrogen) atoms. The minimum absolute atomic E-state index is 0.598. The fourth-order valence-corrected chi connectivity index (χ4v) is 8.16. The van der Waals surface area contributed by atoms with Crippen molar-refractivity contribution in [2.75, 3.05) is 4.90 Å². The van der Waals surface area contributed by atoms with Crippen molar-refractivity contribution in [3.05, 3.63) is 206 Å². The molecular formula is C53H34N2O2. The highest BCUT2D eigenvalue weighted by molar-refractivity contribution is 6.17. The number of benzene rings is 9. The van der Waals surface area contributed by atoms with Gasteiger partial charge in [-0.2, -0.15) is 0 Å². The van der Waals surface area contributed by atoms with Gasteiger partial charge in [0.15, 0.2) is 5.58 Å². The van der Waals surface area contributed by atoms with Crippen LogP contribution < -0.4 is 4.90 Å². The van der Waals surface area contributed by atoms with Gasteiger partial charge in [-0.3, -0.25) is 0 Å². The highest BCUT2D eigenvalue weighted by Gasteiger charge is 2.20. The van der Waals surface area contributed by atoms with E-state index in [1.807, 2.05) is 42.5 Å². The minimum atomic E-state index is 0.598. The third kappa shape index (κ3) is 5.74. The largest absolute Gasteiger partial charge is 0.456 e. The molecule has 11 rings (SSSR count). The molecular weight excluding hydrogens is 697 g/mol. The van der Waals surface area contributed by atoms with Crippen LogP contribution in [0.1, 0.15) is 0 Å². The van der Waals surface area contributed by atoms with Gasteiger partial charge in [0.05, 0.1) is 11.1 Å². The van der Waals surface area contributed by atoms with Crippen molar-refractivity contribution in [3.63, 3.8) is 0 Å². The Morgan fingerprint density at radius 3 is 1.70 bits per heavy atom. The van der Waals surface area contributed by atoms with E-state index in [-0.39, 0.29) is 0 Å². The Balaban J connectivity index is 1.02. The predicted molar refractivity (Wildman–Crippen MR) is 235 cm³/mol. The SMILES string of the molecule is c1ccc(-c2ccc(N(c3ccc(-c4ccc5oc6ccc7oc(-c8ccccc8)nc7c6c5c4)cc3)c3ccccc3-c3cccc4ccccc34)cc2)cc1. The maximum Gasteiger partial charge on any atom is 0.227 e. The number of hydrogen-bond donors (Lipinski definition) is 0. The van der Waals surface area contributed by atoms with Crippen molar-refractivity contribution < 1.29 is 8.83 Å². The molecule has 0 radical (unpaired) electrons.